The Labute approximate surface area is 157 Å². The maximum atomic E-state index is 11.1. The first kappa shape index (κ1) is 17.4. The van der Waals surface area contributed by atoms with Crippen LogP contribution in [0.2, 0.25) is 0 Å². The predicted octanol–water partition coefficient (Wildman–Crippen LogP) is 2.05. The third kappa shape index (κ3) is 4.03. The molecule has 0 bridgehead atoms. The van der Waals surface area contributed by atoms with Crippen molar-refractivity contribution in [1.82, 2.24) is 19.9 Å². The van der Waals surface area contributed by atoms with E-state index in [4.69, 9.17) is 15.7 Å². The number of carbonyl (C=O) groups excluding carboxylic acids is 1. The molecule has 27 heavy (non-hydrogen) atoms. The number of amides is 1. The summed E-state index contributed by atoms with van der Waals surface area (Å²) in [7, 11) is 0. The molecule has 0 unspecified atom stereocenters. The van der Waals surface area contributed by atoms with Crippen LogP contribution in [0.15, 0.2) is 48.8 Å². The standard InChI is InChI=1S/C20H22N6O/c21-18(27)13-26-10-7-15(8-11-26)23-20-16-5-1-2-6-17(16)24-19(25-20)14-4-3-9-22-12-14/h1-6,9,12,15H,7-8,10-11,13H2,(H2,21,27)(H,23,24,25). The van der Waals surface area contributed by atoms with Crippen molar-refractivity contribution in [1.29, 1.82) is 0 Å². The summed E-state index contributed by atoms with van der Waals surface area (Å²) in [6.45, 7) is 2.02. The molecular weight excluding hydrogens is 340 g/mol. The highest BCUT2D eigenvalue weighted by Crippen LogP contribution is 2.26. The van der Waals surface area contributed by atoms with Crippen molar-refractivity contribution in [3.05, 3.63) is 48.8 Å². The topological polar surface area (TPSA) is 97.0 Å². The van der Waals surface area contributed by atoms with Crippen LogP contribution in [0.4, 0.5) is 5.82 Å². The molecule has 3 aromatic rings. The van der Waals surface area contributed by atoms with Crippen LogP contribution >= 0.6 is 0 Å². The minimum Gasteiger partial charge on any atom is -0.369 e. The van der Waals surface area contributed by atoms with E-state index in [0.717, 1.165) is 48.2 Å². The number of benzene rings is 1. The highest BCUT2D eigenvalue weighted by Gasteiger charge is 2.21. The molecule has 1 aliphatic heterocycles. The number of rotatable bonds is 5. The fourth-order valence-electron chi connectivity index (χ4n) is 3.46. The number of hydrogen-bond donors (Lipinski definition) is 2. The quantitative estimate of drug-likeness (QED) is 0.721. The zero-order chi connectivity index (χ0) is 18.6. The van der Waals surface area contributed by atoms with Gasteiger partial charge in [-0.3, -0.25) is 14.7 Å². The molecule has 1 fully saturated rings. The smallest absolute Gasteiger partial charge is 0.231 e. The number of aromatic nitrogens is 3. The van der Waals surface area contributed by atoms with Gasteiger partial charge in [-0.1, -0.05) is 12.1 Å². The lowest BCUT2D eigenvalue weighted by atomic mass is 10.0. The van der Waals surface area contributed by atoms with Gasteiger partial charge in [0.25, 0.3) is 0 Å². The Morgan fingerprint density at radius 3 is 2.70 bits per heavy atom. The summed E-state index contributed by atoms with van der Waals surface area (Å²) in [5.74, 6) is 1.23. The summed E-state index contributed by atoms with van der Waals surface area (Å²) in [4.78, 5) is 26.8. The van der Waals surface area contributed by atoms with Crippen molar-refractivity contribution in [2.24, 2.45) is 5.73 Å². The van der Waals surface area contributed by atoms with Crippen molar-refractivity contribution >= 4 is 22.6 Å². The molecule has 0 saturated carbocycles. The maximum Gasteiger partial charge on any atom is 0.231 e. The van der Waals surface area contributed by atoms with Crippen LogP contribution in [0, 0.1) is 0 Å². The number of hydrogen-bond acceptors (Lipinski definition) is 6. The molecule has 0 radical (unpaired) electrons. The molecular formula is C20H22N6O. The average Bonchev–Trinajstić information content (AvgIpc) is 2.70. The molecule has 2 aromatic heterocycles. The van der Waals surface area contributed by atoms with Gasteiger partial charge in [0.05, 0.1) is 12.1 Å². The Bertz CT molecular complexity index is 938. The fraction of sp³-hybridized carbons (Fsp3) is 0.300. The summed E-state index contributed by atoms with van der Waals surface area (Å²) >= 11 is 0. The van der Waals surface area contributed by atoms with Gasteiger partial charge in [-0.2, -0.15) is 0 Å². The minimum absolute atomic E-state index is 0.274. The molecule has 0 aliphatic carbocycles. The molecule has 1 aliphatic rings. The van der Waals surface area contributed by atoms with Crippen molar-refractivity contribution in [3.63, 3.8) is 0 Å². The van der Waals surface area contributed by atoms with E-state index in [2.05, 4.69) is 15.2 Å². The second-order valence-corrected chi connectivity index (χ2v) is 6.82. The lowest BCUT2D eigenvalue weighted by Gasteiger charge is -2.32. The van der Waals surface area contributed by atoms with Gasteiger partial charge in [-0.25, -0.2) is 9.97 Å². The Balaban J connectivity index is 1.59. The summed E-state index contributed by atoms with van der Waals surface area (Å²) in [6, 6.07) is 12.2. The summed E-state index contributed by atoms with van der Waals surface area (Å²) in [5, 5.41) is 4.60. The molecule has 7 nitrogen and oxygen atoms in total. The zero-order valence-corrected chi connectivity index (χ0v) is 15.0. The van der Waals surface area contributed by atoms with Crippen LogP contribution in [0.1, 0.15) is 12.8 Å². The molecule has 3 heterocycles. The molecule has 0 atom stereocenters. The van der Waals surface area contributed by atoms with Crippen LogP contribution in [-0.2, 0) is 4.79 Å². The molecule has 7 heteroatoms. The van der Waals surface area contributed by atoms with Crippen LogP contribution in [0.25, 0.3) is 22.3 Å². The number of primary amides is 1. The molecule has 4 rings (SSSR count). The number of piperidine rings is 1. The summed E-state index contributed by atoms with van der Waals surface area (Å²) in [5.41, 5.74) is 7.09. The molecule has 3 N–H and O–H groups in total. The molecule has 138 valence electrons. The van der Waals surface area contributed by atoms with Gasteiger partial charge in [-0.15, -0.1) is 0 Å². The third-order valence-corrected chi connectivity index (χ3v) is 4.83. The number of likely N-dealkylation sites (tertiary alicyclic amines) is 1. The van der Waals surface area contributed by atoms with Crippen molar-refractivity contribution < 1.29 is 4.79 Å². The lowest BCUT2D eigenvalue weighted by Crippen LogP contribution is -2.43. The van der Waals surface area contributed by atoms with Crippen molar-refractivity contribution in [2.75, 3.05) is 25.0 Å². The SMILES string of the molecule is NC(=O)CN1CCC(Nc2nc(-c3cccnc3)nc3ccccc23)CC1. The van der Waals surface area contributed by atoms with E-state index >= 15 is 0 Å². The second kappa shape index (κ2) is 7.67. The Morgan fingerprint density at radius 2 is 1.96 bits per heavy atom. The zero-order valence-electron chi connectivity index (χ0n) is 15.0. The molecule has 1 aromatic carbocycles. The number of carbonyl (C=O) groups is 1. The number of nitrogens with zero attached hydrogens (tertiary/aromatic N) is 4. The van der Waals surface area contributed by atoms with E-state index in [1.807, 2.05) is 36.4 Å². The van der Waals surface area contributed by atoms with Crippen molar-refractivity contribution in [2.45, 2.75) is 18.9 Å². The third-order valence-electron chi connectivity index (χ3n) is 4.83. The Hall–Kier alpha value is -3.06. The van der Waals surface area contributed by atoms with E-state index in [0.29, 0.717) is 18.4 Å². The Kier molecular flexibility index (Phi) is 4.93. The van der Waals surface area contributed by atoms with Gasteiger partial charge in [0.15, 0.2) is 5.82 Å². The van der Waals surface area contributed by atoms with Gasteiger partial charge in [0, 0.05) is 42.5 Å². The van der Waals surface area contributed by atoms with Gasteiger partial charge < -0.3 is 11.1 Å². The highest BCUT2D eigenvalue weighted by molar-refractivity contribution is 5.90. The molecule has 0 spiro atoms. The van der Waals surface area contributed by atoms with Gasteiger partial charge >= 0.3 is 0 Å². The number of para-hydroxylation sites is 1. The Morgan fingerprint density at radius 1 is 1.15 bits per heavy atom. The highest BCUT2D eigenvalue weighted by atomic mass is 16.1. The number of nitrogens with two attached hydrogens (primary N) is 1. The maximum absolute atomic E-state index is 11.1. The predicted molar refractivity (Wildman–Crippen MR) is 105 cm³/mol. The average molecular weight is 362 g/mol. The van der Waals surface area contributed by atoms with Gasteiger partial charge in [0.1, 0.15) is 5.82 Å². The normalized spacial score (nSPS) is 15.7. The van der Waals surface area contributed by atoms with Crippen molar-refractivity contribution in [3.8, 4) is 11.4 Å². The first-order valence-electron chi connectivity index (χ1n) is 9.13. The lowest BCUT2D eigenvalue weighted by molar-refractivity contribution is -0.119. The van der Waals surface area contributed by atoms with Crippen LogP contribution in [0.3, 0.4) is 0 Å². The molecule has 1 amide bonds. The van der Waals surface area contributed by atoms with E-state index in [1.165, 1.54) is 0 Å². The summed E-state index contributed by atoms with van der Waals surface area (Å²) < 4.78 is 0. The number of anilines is 1. The van der Waals surface area contributed by atoms with E-state index in [1.54, 1.807) is 12.4 Å². The first-order valence-corrected chi connectivity index (χ1v) is 9.13. The number of nitrogens with one attached hydrogen (secondary N) is 1. The second-order valence-electron chi connectivity index (χ2n) is 6.82. The minimum atomic E-state index is -0.274. The first-order chi connectivity index (χ1) is 13.2. The van der Waals surface area contributed by atoms with E-state index in [-0.39, 0.29) is 5.91 Å². The number of pyridine rings is 1. The monoisotopic (exact) mass is 362 g/mol. The molecule has 1 saturated heterocycles. The fourth-order valence-corrected chi connectivity index (χ4v) is 3.46. The van der Waals surface area contributed by atoms with Gasteiger partial charge in [-0.05, 0) is 37.1 Å². The van der Waals surface area contributed by atoms with Crippen LogP contribution in [0.5, 0.6) is 0 Å². The summed E-state index contributed by atoms with van der Waals surface area (Å²) in [6.07, 6.45) is 5.39. The van der Waals surface area contributed by atoms with E-state index < -0.39 is 0 Å². The number of fused-ring (bicyclic) bond motifs is 1. The van der Waals surface area contributed by atoms with Crippen LogP contribution < -0.4 is 11.1 Å². The van der Waals surface area contributed by atoms with Gasteiger partial charge in [0.2, 0.25) is 5.91 Å². The largest absolute Gasteiger partial charge is 0.369 e. The van der Waals surface area contributed by atoms with E-state index in [9.17, 15) is 4.79 Å². The van der Waals surface area contributed by atoms with Crippen LogP contribution in [-0.4, -0.2) is 51.4 Å².